The van der Waals surface area contributed by atoms with Gasteiger partial charge in [0, 0.05) is 4.47 Å². The Hall–Kier alpha value is -1.60. The zero-order valence-corrected chi connectivity index (χ0v) is 12.2. The summed E-state index contributed by atoms with van der Waals surface area (Å²) in [6, 6.07) is 5.18. The van der Waals surface area contributed by atoms with E-state index in [4.69, 9.17) is 16.3 Å². The monoisotopic (exact) mass is 344 g/mol. The third kappa shape index (κ3) is 3.45. The molecule has 6 nitrogen and oxygen atoms in total. The number of hydrogen-bond acceptors (Lipinski definition) is 4. The summed E-state index contributed by atoms with van der Waals surface area (Å²) < 4.78 is 5.84. The fourth-order valence-electron chi connectivity index (χ4n) is 1.34. The van der Waals surface area contributed by atoms with Crippen LogP contribution in [0.25, 0.3) is 0 Å². The standard InChI is InChI=1S/C11H10BrClN4O2/c1-2-19-11-15-10(16-17-11)14-9(18)7-5-6(12)3-4-8(7)13/h3-5H,2H2,1H3,(H2,14,15,16,17,18). The molecule has 0 unspecified atom stereocenters. The average molecular weight is 346 g/mol. The van der Waals surface area contributed by atoms with Crippen LogP contribution in [0.2, 0.25) is 5.02 Å². The second-order valence-electron chi connectivity index (χ2n) is 3.48. The molecule has 100 valence electrons. The molecule has 1 amide bonds. The number of nitrogens with one attached hydrogen (secondary N) is 2. The summed E-state index contributed by atoms with van der Waals surface area (Å²) in [7, 11) is 0. The Balaban J connectivity index is 2.13. The van der Waals surface area contributed by atoms with Gasteiger partial charge in [-0.25, -0.2) is 5.10 Å². The van der Waals surface area contributed by atoms with Gasteiger partial charge in [0.25, 0.3) is 5.91 Å². The molecule has 2 aromatic rings. The van der Waals surface area contributed by atoms with E-state index in [1.54, 1.807) is 18.2 Å². The van der Waals surface area contributed by atoms with Gasteiger partial charge in [0.15, 0.2) is 0 Å². The van der Waals surface area contributed by atoms with Crippen LogP contribution in [0.15, 0.2) is 22.7 Å². The molecule has 0 aliphatic rings. The number of hydrogen-bond donors (Lipinski definition) is 2. The molecule has 2 N–H and O–H groups in total. The largest absolute Gasteiger partial charge is 0.463 e. The van der Waals surface area contributed by atoms with Crippen LogP contribution in [0.1, 0.15) is 17.3 Å². The predicted molar refractivity (Wildman–Crippen MR) is 74.7 cm³/mol. The quantitative estimate of drug-likeness (QED) is 0.893. The van der Waals surface area contributed by atoms with E-state index in [0.717, 1.165) is 4.47 Å². The summed E-state index contributed by atoms with van der Waals surface area (Å²) in [5, 5.41) is 9.23. The van der Waals surface area contributed by atoms with Crippen molar-refractivity contribution in [2.24, 2.45) is 0 Å². The van der Waals surface area contributed by atoms with Crippen molar-refractivity contribution in [1.29, 1.82) is 0 Å². The van der Waals surface area contributed by atoms with E-state index in [1.165, 1.54) is 0 Å². The lowest BCUT2D eigenvalue weighted by molar-refractivity contribution is 0.102. The van der Waals surface area contributed by atoms with E-state index in [2.05, 4.69) is 36.4 Å². The first-order chi connectivity index (χ1) is 9.10. The maximum atomic E-state index is 12.0. The van der Waals surface area contributed by atoms with Gasteiger partial charge in [-0.15, -0.1) is 5.10 Å². The minimum atomic E-state index is -0.384. The van der Waals surface area contributed by atoms with Crippen molar-refractivity contribution >= 4 is 39.4 Å². The van der Waals surface area contributed by atoms with Crippen molar-refractivity contribution in [1.82, 2.24) is 15.2 Å². The predicted octanol–water partition coefficient (Wildman–Crippen LogP) is 2.87. The maximum absolute atomic E-state index is 12.0. The molecule has 1 aromatic carbocycles. The van der Waals surface area contributed by atoms with Gasteiger partial charge in [-0.3, -0.25) is 10.1 Å². The van der Waals surface area contributed by atoms with Crippen LogP contribution >= 0.6 is 27.5 Å². The second-order valence-corrected chi connectivity index (χ2v) is 4.80. The lowest BCUT2D eigenvalue weighted by atomic mass is 10.2. The zero-order chi connectivity index (χ0) is 13.8. The van der Waals surface area contributed by atoms with Crippen molar-refractivity contribution in [2.75, 3.05) is 11.9 Å². The van der Waals surface area contributed by atoms with E-state index in [1.807, 2.05) is 6.92 Å². The first-order valence-electron chi connectivity index (χ1n) is 5.41. The number of benzene rings is 1. The molecular weight excluding hydrogens is 336 g/mol. The fraction of sp³-hybridized carbons (Fsp3) is 0.182. The van der Waals surface area contributed by atoms with Crippen LogP contribution < -0.4 is 10.1 Å². The molecule has 8 heteroatoms. The van der Waals surface area contributed by atoms with Crippen LogP contribution in [0.3, 0.4) is 0 Å². The Bertz CT molecular complexity index is 602. The van der Waals surface area contributed by atoms with Gasteiger partial charge in [0.2, 0.25) is 5.95 Å². The molecule has 0 bridgehead atoms. The smallest absolute Gasteiger partial charge is 0.337 e. The normalized spacial score (nSPS) is 10.3. The van der Waals surface area contributed by atoms with Gasteiger partial charge in [-0.2, -0.15) is 4.98 Å². The van der Waals surface area contributed by atoms with Gasteiger partial charge in [-0.05, 0) is 25.1 Å². The number of aromatic nitrogens is 3. The summed E-state index contributed by atoms with van der Waals surface area (Å²) in [6.45, 7) is 2.26. The van der Waals surface area contributed by atoms with Crippen LogP contribution in [0, 0.1) is 0 Å². The Morgan fingerprint density at radius 1 is 1.58 bits per heavy atom. The highest BCUT2D eigenvalue weighted by Gasteiger charge is 2.13. The van der Waals surface area contributed by atoms with Gasteiger partial charge in [-0.1, -0.05) is 27.5 Å². The second kappa shape index (κ2) is 6.03. The lowest BCUT2D eigenvalue weighted by Gasteiger charge is -2.04. The summed E-state index contributed by atoms with van der Waals surface area (Å²) in [5.74, 6) is -0.185. The molecule has 1 heterocycles. The molecule has 0 saturated heterocycles. The summed E-state index contributed by atoms with van der Waals surface area (Å²) in [4.78, 5) is 16.0. The number of H-pyrrole nitrogens is 1. The number of anilines is 1. The number of ether oxygens (including phenoxy) is 1. The lowest BCUT2D eigenvalue weighted by Crippen LogP contribution is -2.13. The van der Waals surface area contributed by atoms with Gasteiger partial charge < -0.3 is 4.74 Å². The van der Waals surface area contributed by atoms with Gasteiger partial charge in [0.1, 0.15) is 0 Å². The number of rotatable bonds is 4. The van der Waals surface area contributed by atoms with E-state index < -0.39 is 0 Å². The van der Waals surface area contributed by atoms with E-state index in [9.17, 15) is 4.79 Å². The van der Waals surface area contributed by atoms with Crippen LogP contribution in [0.4, 0.5) is 5.95 Å². The van der Waals surface area contributed by atoms with Crippen molar-refractivity contribution in [2.45, 2.75) is 6.92 Å². The van der Waals surface area contributed by atoms with Crippen LogP contribution in [0.5, 0.6) is 6.01 Å². The summed E-state index contributed by atoms with van der Waals surface area (Å²) >= 11 is 9.24. The summed E-state index contributed by atoms with van der Waals surface area (Å²) in [6.07, 6.45) is 0. The maximum Gasteiger partial charge on any atom is 0.337 e. The van der Waals surface area contributed by atoms with Crippen molar-refractivity contribution in [3.63, 3.8) is 0 Å². The van der Waals surface area contributed by atoms with E-state index >= 15 is 0 Å². The molecule has 0 aliphatic carbocycles. The first kappa shape index (κ1) is 13.8. The molecule has 0 atom stereocenters. The van der Waals surface area contributed by atoms with Crippen molar-refractivity contribution in [3.05, 3.63) is 33.3 Å². The molecule has 19 heavy (non-hydrogen) atoms. The first-order valence-corrected chi connectivity index (χ1v) is 6.59. The number of halogens is 2. The highest BCUT2D eigenvalue weighted by Crippen LogP contribution is 2.21. The van der Waals surface area contributed by atoms with Gasteiger partial charge >= 0.3 is 6.01 Å². The van der Waals surface area contributed by atoms with Crippen LogP contribution in [-0.2, 0) is 0 Å². The third-order valence-electron chi connectivity index (χ3n) is 2.14. The number of aromatic amines is 1. The van der Waals surface area contributed by atoms with Crippen LogP contribution in [-0.4, -0.2) is 27.7 Å². The highest BCUT2D eigenvalue weighted by atomic mass is 79.9. The number of nitrogens with zero attached hydrogens (tertiary/aromatic N) is 2. The van der Waals surface area contributed by atoms with Gasteiger partial charge in [0.05, 0.1) is 17.2 Å². The molecule has 0 aliphatic heterocycles. The molecule has 0 radical (unpaired) electrons. The molecular formula is C11H10BrClN4O2. The molecule has 2 rings (SSSR count). The molecule has 0 saturated carbocycles. The molecule has 1 aromatic heterocycles. The van der Waals surface area contributed by atoms with Crippen molar-refractivity contribution < 1.29 is 9.53 Å². The Kier molecular flexibility index (Phi) is 4.39. The third-order valence-corrected chi connectivity index (χ3v) is 2.97. The Morgan fingerprint density at radius 3 is 3.11 bits per heavy atom. The zero-order valence-electron chi connectivity index (χ0n) is 9.91. The van der Waals surface area contributed by atoms with Crippen molar-refractivity contribution in [3.8, 4) is 6.01 Å². The minimum Gasteiger partial charge on any atom is -0.463 e. The minimum absolute atomic E-state index is 0.179. The summed E-state index contributed by atoms with van der Waals surface area (Å²) in [5.41, 5.74) is 0.338. The van der Waals surface area contributed by atoms with E-state index in [-0.39, 0.29) is 17.9 Å². The topological polar surface area (TPSA) is 79.9 Å². The Labute approximate surface area is 122 Å². The highest BCUT2D eigenvalue weighted by molar-refractivity contribution is 9.10. The number of carbonyl (C=O) groups is 1. The Morgan fingerprint density at radius 2 is 2.37 bits per heavy atom. The SMILES string of the molecule is CCOc1n[nH]c(NC(=O)c2cc(Br)ccc2Cl)n1. The fourth-order valence-corrected chi connectivity index (χ4v) is 1.91. The molecule has 0 fully saturated rings. The van der Waals surface area contributed by atoms with E-state index in [0.29, 0.717) is 17.2 Å². The number of carbonyl (C=O) groups excluding carboxylic acids is 1. The average Bonchev–Trinajstić information content (AvgIpc) is 2.80. The molecule has 0 spiro atoms. The number of amides is 1.